The number of nitrogens with zero attached hydrogens (tertiary/aromatic N) is 1. The van der Waals surface area contributed by atoms with Crippen LogP contribution in [0.25, 0.3) is 0 Å². The Morgan fingerprint density at radius 2 is 1.96 bits per heavy atom. The Balaban J connectivity index is 2.29. The normalized spacial score (nSPS) is 20.0. The predicted molar refractivity (Wildman–Crippen MR) is 93.7 cm³/mol. The summed E-state index contributed by atoms with van der Waals surface area (Å²) in [5.74, 6) is 1.61. The van der Waals surface area contributed by atoms with E-state index in [4.69, 9.17) is 19.9 Å². The van der Waals surface area contributed by atoms with Gasteiger partial charge in [-0.05, 0) is 37.4 Å². The number of hydrogen-bond donors (Lipinski definition) is 1. The predicted octanol–water partition coefficient (Wildman–Crippen LogP) is 2.06. The molecular formula is C18H28N2O4. The number of carbonyl (C=O) groups excluding carboxylic acids is 1. The van der Waals surface area contributed by atoms with Gasteiger partial charge in [-0.25, -0.2) is 0 Å². The Labute approximate surface area is 143 Å². The van der Waals surface area contributed by atoms with Crippen molar-refractivity contribution in [3.8, 4) is 11.5 Å². The lowest BCUT2D eigenvalue weighted by molar-refractivity contribution is -0.123. The van der Waals surface area contributed by atoms with Crippen LogP contribution in [0.4, 0.5) is 5.69 Å². The molecule has 6 nitrogen and oxygen atoms in total. The van der Waals surface area contributed by atoms with Crippen LogP contribution in [0.2, 0.25) is 0 Å². The smallest absolute Gasteiger partial charge is 0.230 e. The maximum atomic E-state index is 13.1. The van der Waals surface area contributed by atoms with Crippen LogP contribution in [-0.2, 0) is 9.53 Å². The van der Waals surface area contributed by atoms with Crippen molar-refractivity contribution in [1.29, 1.82) is 0 Å². The second-order valence-electron chi connectivity index (χ2n) is 6.06. The van der Waals surface area contributed by atoms with Crippen LogP contribution in [0, 0.1) is 11.8 Å². The molecule has 1 aromatic carbocycles. The molecule has 1 aliphatic rings. The van der Waals surface area contributed by atoms with Gasteiger partial charge in [-0.2, -0.15) is 0 Å². The van der Waals surface area contributed by atoms with Gasteiger partial charge in [-0.1, -0.05) is 6.42 Å². The number of nitrogens with two attached hydrogens (primary N) is 1. The van der Waals surface area contributed by atoms with Gasteiger partial charge >= 0.3 is 0 Å². The molecule has 1 fully saturated rings. The van der Waals surface area contributed by atoms with Crippen molar-refractivity contribution in [1.82, 2.24) is 0 Å². The van der Waals surface area contributed by atoms with Gasteiger partial charge in [0, 0.05) is 31.3 Å². The molecular weight excluding hydrogens is 308 g/mol. The highest BCUT2D eigenvalue weighted by molar-refractivity contribution is 5.95. The van der Waals surface area contributed by atoms with Crippen molar-refractivity contribution < 1.29 is 19.0 Å². The molecule has 1 saturated carbocycles. The van der Waals surface area contributed by atoms with E-state index in [0.717, 1.165) is 24.9 Å². The SMILES string of the molecule is COCCN(C(=O)[C@@H]1CCC[C@@H]1CN)c1ccc(OC)c(OC)c1. The maximum Gasteiger partial charge on any atom is 0.230 e. The number of benzene rings is 1. The first-order chi connectivity index (χ1) is 11.7. The van der Waals surface area contributed by atoms with E-state index in [0.29, 0.717) is 31.2 Å². The van der Waals surface area contributed by atoms with E-state index < -0.39 is 0 Å². The molecule has 6 heteroatoms. The molecule has 2 atom stereocenters. The largest absolute Gasteiger partial charge is 0.493 e. The fourth-order valence-corrected chi connectivity index (χ4v) is 3.39. The number of amides is 1. The summed E-state index contributed by atoms with van der Waals surface area (Å²) >= 11 is 0. The monoisotopic (exact) mass is 336 g/mol. The number of methoxy groups -OCH3 is 3. The van der Waals surface area contributed by atoms with E-state index in [1.165, 1.54) is 0 Å². The van der Waals surface area contributed by atoms with E-state index in [-0.39, 0.29) is 17.7 Å². The van der Waals surface area contributed by atoms with Gasteiger partial charge in [0.25, 0.3) is 0 Å². The summed E-state index contributed by atoms with van der Waals surface area (Å²) in [5, 5.41) is 0. The molecule has 0 aliphatic heterocycles. The molecule has 0 spiro atoms. The van der Waals surface area contributed by atoms with E-state index in [2.05, 4.69) is 0 Å². The van der Waals surface area contributed by atoms with Crippen LogP contribution in [0.1, 0.15) is 19.3 Å². The lowest BCUT2D eigenvalue weighted by Crippen LogP contribution is -2.41. The molecule has 134 valence electrons. The van der Waals surface area contributed by atoms with E-state index in [9.17, 15) is 4.79 Å². The molecule has 0 radical (unpaired) electrons. The molecule has 24 heavy (non-hydrogen) atoms. The highest BCUT2D eigenvalue weighted by atomic mass is 16.5. The average molecular weight is 336 g/mol. The third-order valence-corrected chi connectivity index (χ3v) is 4.74. The number of anilines is 1. The highest BCUT2D eigenvalue weighted by Gasteiger charge is 2.35. The topological polar surface area (TPSA) is 74.0 Å². The number of rotatable bonds is 8. The quantitative estimate of drug-likeness (QED) is 0.786. The van der Waals surface area contributed by atoms with Crippen LogP contribution in [0.15, 0.2) is 18.2 Å². The summed E-state index contributed by atoms with van der Waals surface area (Å²) in [6.07, 6.45) is 2.98. The second-order valence-corrected chi connectivity index (χ2v) is 6.06. The van der Waals surface area contributed by atoms with Crippen LogP contribution < -0.4 is 20.1 Å². The third-order valence-electron chi connectivity index (χ3n) is 4.74. The van der Waals surface area contributed by atoms with Gasteiger partial charge in [0.1, 0.15) is 0 Å². The molecule has 0 aromatic heterocycles. The zero-order chi connectivity index (χ0) is 17.5. The van der Waals surface area contributed by atoms with Crippen LogP contribution >= 0.6 is 0 Å². The zero-order valence-corrected chi connectivity index (χ0v) is 14.8. The van der Waals surface area contributed by atoms with Gasteiger partial charge in [0.05, 0.1) is 20.8 Å². The molecule has 0 unspecified atom stereocenters. The summed E-state index contributed by atoms with van der Waals surface area (Å²) < 4.78 is 15.8. The summed E-state index contributed by atoms with van der Waals surface area (Å²) in [5.41, 5.74) is 6.64. The Morgan fingerprint density at radius 3 is 2.58 bits per heavy atom. The van der Waals surface area contributed by atoms with Crippen LogP contribution in [0.3, 0.4) is 0 Å². The Hall–Kier alpha value is -1.79. The van der Waals surface area contributed by atoms with Crippen LogP contribution in [0.5, 0.6) is 11.5 Å². The zero-order valence-electron chi connectivity index (χ0n) is 14.8. The summed E-state index contributed by atoms with van der Waals surface area (Å²) in [6, 6.07) is 5.52. The molecule has 0 saturated heterocycles. The van der Waals surface area contributed by atoms with Crippen molar-refractivity contribution in [2.45, 2.75) is 19.3 Å². The first-order valence-corrected chi connectivity index (χ1v) is 8.38. The minimum atomic E-state index is -0.0139. The van der Waals surface area contributed by atoms with Crippen molar-refractivity contribution in [2.75, 3.05) is 45.9 Å². The highest BCUT2D eigenvalue weighted by Crippen LogP contribution is 2.36. The number of carbonyl (C=O) groups is 1. The third kappa shape index (κ3) is 3.99. The molecule has 0 bridgehead atoms. The van der Waals surface area contributed by atoms with Gasteiger partial charge in [0.15, 0.2) is 11.5 Å². The Morgan fingerprint density at radius 1 is 1.21 bits per heavy atom. The molecule has 0 heterocycles. The van der Waals surface area contributed by atoms with E-state index in [1.807, 2.05) is 18.2 Å². The van der Waals surface area contributed by atoms with Gasteiger partial charge in [-0.15, -0.1) is 0 Å². The van der Waals surface area contributed by atoms with Crippen molar-refractivity contribution >= 4 is 11.6 Å². The van der Waals surface area contributed by atoms with Crippen molar-refractivity contribution in [3.63, 3.8) is 0 Å². The minimum Gasteiger partial charge on any atom is -0.493 e. The van der Waals surface area contributed by atoms with Gasteiger partial charge in [0.2, 0.25) is 5.91 Å². The van der Waals surface area contributed by atoms with Gasteiger partial charge in [-0.3, -0.25) is 4.79 Å². The maximum absolute atomic E-state index is 13.1. The van der Waals surface area contributed by atoms with Crippen LogP contribution in [-0.4, -0.2) is 46.9 Å². The van der Waals surface area contributed by atoms with E-state index in [1.54, 1.807) is 26.2 Å². The molecule has 2 N–H and O–H groups in total. The lowest BCUT2D eigenvalue weighted by atomic mass is 9.94. The summed E-state index contributed by atoms with van der Waals surface area (Å²) in [4.78, 5) is 14.9. The first kappa shape index (κ1) is 18.5. The number of ether oxygens (including phenoxy) is 3. The lowest BCUT2D eigenvalue weighted by Gasteiger charge is -2.28. The Bertz CT molecular complexity index is 550. The van der Waals surface area contributed by atoms with Crippen molar-refractivity contribution in [2.24, 2.45) is 17.6 Å². The van der Waals surface area contributed by atoms with Gasteiger partial charge < -0.3 is 24.8 Å². The van der Waals surface area contributed by atoms with E-state index >= 15 is 0 Å². The average Bonchev–Trinajstić information content (AvgIpc) is 3.10. The first-order valence-electron chi connectivity index (χ1n) is 8.38. The number of hydrogen-bond acceptors (Lipinski definition) is 5. The fourth-order valence-electron chi connectivity index (χ4n) is 3.39. The van der Waals surface area contributed by atoms with Crippen molar-refractivity contribution in [3.05, 3.63) is 18.2 Å². The molecule has 1 amide bonds. The summed E-state index contributed by atoms with van der Waals surface area (Å²) in [7, 11) is 4.82. The molecule has 2 rings (SSSR count). The Kier molecular flexibility index (Phi) is 6.87. The minimum absolute atomic E-state index is 0.0139. The molecule has 1 aromatic rings. The second kappa shape index (κ2) is 8.89. The fraction of sp³-hybridized carbons (Fsp3) is 0.611. The standard InChI is InChI=1S/C18H28N2O4/c1-22-10-9-20(18(21)15-6-4-5-13(15)12-19)14-7-8-16(23-2)17(11-14)24-3/h7-8,11,13,15H,4-6,9-10,12,19H2,1-3H3/t13-,15-/m1/s1. The molecule has 1 aliphatic carbocycles. The summed E-state index contributed by atoms with van der Waals surface area (Å²) in [6.45, 7) is 1.53.